The number of Topliss-reactive ketones (excluding diaryl/α,β-unsaturated/α-hetero) is 1. The molecule has 0 radical (unpaired) electrons. The van der Waals surface area contributed by atoms with Crippen molar-refractivity contribution in [2.45, 2.75) is 26.2 Å². The normalized spacial score (nSPS) is 10.6. The van der Waals surface area contributed by atoms with Crippen LogP contribution in [0.2, 0.25) is 0 Å². The summed E-state index contributed by atoms with van der Waals surface area (Å²) in [5.74, 6) is 1.09. The fraction of sp³-hybridized carbons (Fsp3) is 0.500. The average molecular weight is 236 g/mol. The number of carbonyl (C=O) groups excluding carboxylic acids is 1. The fourth-order valence-electron chi connectivity index (χ4n) is 1.63. The molecule has 0 bridgehead atoms. The van der Waals surface area contributed by atoms with E-state index in [1.807, 2.05) is 18.2 Å². The first-order chi connectivity index (χ1) is 8.10. The number of carbonyl (C=O) groups is 1. The molecule has 0 unspecified atom stereocenters. The van der Waals surface area contributed by atoms with Crippen LogP contribution in [-0.4, -0.2) is 26.6 Å². The Balaban J connectivity index is 3.01. The molecule has 0 aromatic heterocycles. The van der Waals surface area contributed by atoms with E-state index in [-0.39, 0.29) is 5.78 Å². The standard InChI is InChI=1S/C14H20O3/c1-10(2)11-5-6-14(17-4)12(9-11)13(15)7-8-16-3/h5-6,9-10H,7-8H2,1-4H3. The summed E-state index contributed by atoms with van der Waals surface area (Å²) in [6.45, 7) is 4.64. The van der Waals surface area contributed by atoms with Gasteiger partial charge in [-0.1, -0.05) is 19.9 Å². The average Bonchev–Trinajstić information content (AvgIpc) is 2.34. The Kier molecular flexibility index (Phi) is 5.16. The molecule has 3 nitrogen and oxygen atoms in total. The molecule has 0 aliphatic carbocycles. The number of hydrogen-bond donors (Lipinski definition) is 0. The molecular formula is C14H20O3. The Morgan fingerprint density at radius 1 is 1.29 bits per heavy atom. The first-order valence-electron chi connectivity index (χ1n) is 5.80. The number of ketones is 1. The Labute approximate surface area is 103 Å². The predicted octanol–water partition coefficient (Wildman–Crippen LogP) is 3.04. The van der Waals surface area contributed by atoms with Gasteiger partial charge in [-0.2, -0.15) is 0 Å². The molecule has 94 valence electrons. The summed E-state index contributed by atoms with van der Waals surface area (Å²) >= 11 is 0. The molecule has 0 atom stereocenters. The molecule has 3 heteroatoms. The van der Waals surface area contributed by atoms with Crippen molar-refractivity contribution in [2.24, 2.45) is 0 Å². The molecule has 0 amide bonds. The summed E-state index contributed by atoms with van der Waals surface area (Å²) in [6, 6.07) is 5.77. The summed E-state index contributed by atoms with van der Waals surface area (Å²) in [5, 5.41) is 0. The highest BCUT2D eigenvalue weighted by Crippen LogP contribution is 2.25. The third kappa shape index (κ3) is 3.56. The Morgan fingerprint density at radius 2 is 2.00 bits per heavy atom. The van der Waals surface area contributed by atoms with Gasteiger partial charge in [-0.25, -0.2) is 0 Å². The molecule has 17 heavy (non-hydrogen) atoms. The minimum Gasteiger partial charge on any atom is -0.496 e. The van der Waals surface area contributed by atoms with Crippen LogP contribution in [0.1, 0.15) is 42.1 Å². The van der Waals surface area contributed by atoms with E-state index in [1.54, 1.807) is 14.2 Å². The second-order valence-corrected chi connectivity index (χ2v) is 4.28. The minimum atomic E-state index is 0.0613. The lowest BCUT2D eigenvalue weighted by Crippen LogP contribution is -2.06. The van der Waals surface area contributed by atoms with Gasteiger partial charge in [-0.15, -0.1) is 0 Å². The number of methoxy groups -OCH3 is 2. The quantitative estimate of drug-likeness (QED) is 0.712. The lowest BCUT2D eigenvalue weighted by Gasteiger charge is -2.11. The van der Waals surface area contributed by atoms with Crippen molar-refractivity contribution in [3.05, 3.63) is 29.3 Å². The van der Waals surface area contributed by atoms with Gasteiger partial charge in [0.1, 0.15) is 5.75 Å². The van der Waals surface area contributed by atoms with E-state index in [4.69, 9.17) is 9.47 Å². The van der Waals surface area contributed by atoms with E-state index in [0.717, 1.165) is 5.56 Å². The molecule has 0 N–H and O–H groups in total. The summed E-state index contributed by atoms with van der Waals surface area (Å²) in [4.78, 5) is 12.0. The van der Waals surface area contributed by atoms with Gasteiger partial charge < -0.3 is 9.47 Å². The zero-order valence-corrected chi connectivity index (χ0v) is 10.9. The van der Waals surface area contributed by atoms with Gasteiger partial charge in [0.15, 0.2) is 5.78 Å². The molecule has 0 aliphatic rings. The molecule has 1 aromatic carbocycles. The first-order valence-corrected chi connectivity index (χ1v) is 5.80. The van der Waals surface area contributed by atoms with E-state index in [0.29, 0.717) is 30.3 Å². The van der Waals surface area contributed by atoms with Crippen LogP contribution < -0.4 is 4.74 Å². The maximum absolute atomic E-state index is 12.0. The largest absolute Gasteiger partial charge is 0.496 e. The monoisotopic (exact) mass is 236 g/mol. The van der Waals surface area contributed by atoms with Crippen molar-refractivity contribution in [1.82, 2.24) is 0 Å². The SMILES string of the molecule is COCCC(=O)c1cc(C(C)C)ccc1OC. The van der Waals surface area contributed by atoms with E-state index >= 15 is 0 Å². The molecule has 0 heterocycles. The summed E-state index contributed by atoms with van der Waals surface area (Å²) in [6.07, 6.45) is 0.383. The maximum Gasteiger partial charge on any atom is 0.168 e. The van der Waals surface area contributed by atoms with E-state index in [1.165, 1.54) is 0 Å². The molecule has 0 aliphatic heterocycles. The second kappa shape index (κ2) is 6.40. The molecule has 0 saturated heterocycles. The summed E-state index contributed by atoms with van der Waals surface area (Å²) < 4.78 is 10.1. The zero-order chi connectivity index (χ0) is 12.8. The lowest BCUT2D eigenvalue weighted by atomic mass is 9.97. The topological polar surface area (TPSA) is 35.5 Å². The van der Waals surface area contributed by atoms with Crippen LogP contribution in [0.4, 0.5) is 0 Å². The van der Waals surface area contributed by atoms with Crippen molar-refractivity contribution < 1.29 is 14.3 Å². The zero-order valence-electron chi connectivity index (χ0n) is 10.9. The van der Waals surface area contributed by atoms with Gasteiger partial charge in [0.2, 0.25) is 0 Å². The summed E-state index contributed by atoms with van der Waals surface area (Å²) in [7, 11) is 3.17. The van der Waals surface area contributed by atoms with E-state index < -0.39 is 0 Å². The highest BCUT2D eigenvalue weighted by atomic mass is 16.5. The summed E-state index contributed by atoms with van der Waals surface area (Å²) in [5.41, 5.74) is 1.79. The molecular weight excluding hydrogens is 216 g/mol. The van der Waals surface area contributed by atoms with Gasteiger partial charge >= 0.3 is 0 Å². The van der Waals surface area contributed by atoms with Crippen LogP contribution in [0, 0.1) is 0 Å². The van der Waals surface area contributed by atoms with Crippen LogP contribution in [0.15, 0.2) is 18.2 Å². The van der Waals surface area contributed by atoms with Crippen LogP contribution >= 0.6 is 0 Å². The third-order valence-corrected chi connectivity index (χ3v) is 2.72. The second-order valence-electron chi connectivity index (χ2n) is 4.28. The van der Waals surface area contributed by atoms with Gasteiger partial charge in [-0.3, -0.25) is 4.79 Å². The number of rotatable bonds is 6. The minimum absolute atomic E-state index is 0.0613. The predicted molar refractivity (Wildman–Crippen MR) is 67.9 cm³/mol. The van der Waals surface area contributed by atoms with Crippen LogP contribution in [-0.2, 0) is 4.74 Å². The van der Waals surface area contributed by atoms with Crippen LogP contribution in [0.5, 0.6) is 5.75 Å². The van der Waals surface area contributed by atoms with Gasteiger partial charge in [-0.05, 0) is 23.6 Å². The smallest absolute Gasteiger partial charge is 0.168 e. The van der Waals surface area contributed by atoms with Crippen molar-refractivity contribution in [1.29, 1.82) is 0 Å². The number of benzene rings is 1. The molecule has 1 aromatic rings. The maximum atomic E-state index is 12.0. The van der Waals surface area contributed by atoms with E-state index in [9.17, 15) is 4.79 Å². The van der Waals surface area contributed by atoms with Crippen molar-refractivity contribution >= 4 is 5.78 Å². The molecule has 0 saturated carbocycles. The van der Waals surface area contributed by atoms with Gasteiger partial charge in [0.05, 0.1) is 19.3 Å². The van der Waals surface area contributed by atoms with Crippen molar-refractivity contribution in [3.63, 3.8) is 0 Å². The van der Waals surface area contributed by atoms with Crippen LogP contribution in [0.25, 0.3) is 0 Å². The number of hydrogen-bond acceptors (Lipinski definition) is 3. The molecule has 0 fully saturated rings. The molecule has 0 spiro atoms. The Bertz CT molecular complexity index is 383. The van der Waals surface area contributed by atoms with Crippen LogP contribution in [0.3, 0.4) is 0 Å². The van der Waals surface area contributed by atoms with Gasteiger partial charge in [0.25, 0.3) is 0 Å². The molecule has 1 rings (SSSR count). The Hall–Kier alpha value is -1.35. The number of ether oxygens (including phenoxy) is 2. The highest BCUT2D eigenvalue weighted by molar-refractivity contribution is 5.98. The third-order valence-electron chi connectivity index (χ3n) is 2.72. The lowest BCUT2D eigenvalue weighted by molar-refractivity contribution is 0.0929. The van der Waals surface area contributed by atoms with Gasteiger partial charge in [0, 0.05) is 13.5 Å². The Morgan fingerprint density at radius 3 is 2.53 bits per heavy atom. The van der Waals surface area contributed by atoms with Crippen molar-refractivity contribution in [2.75, 3.05) is 20.8 Å². The fourth-order valence-corrected chi connectivity index (χ4v) is 1.63. The van der Waals surface area contributed by atoms with E-state index in [2.05, 4.69) is 13.8 Å². The highest BCUT2D eigenvalue weighted by Gasteiger charge is 2.13. The first kappa shape index (κ1) is 13.7. The van der Waals surface area contributed by atoms with Crippen molar-refractivity contribution in [3.8, 4) is 5.75 Å².